The number of benzene rings is 1. The van der Waals surface area contributed by atoms with Crippen molar-refractivity contribution in [2.75, 3.05) is 13.1 Å². The van der Waals surface area contributed by atoms with Gasteiger partial charge < -0.3 is 9.73 Å². The van der Waals surface area contributed by atoms with Crippen LogP contribution in [0.5, 0.6) is 0 Å². The smallest absolute Gasteiger partial charge is 0.261 e. The molecule has 1 fully saturated rings. The van der Waals surface area contributed by atoms with E-state index < -0.39 is 0 Å². The van der Waals surface area contributed by atoms with Crippen LogP contribution in [0.1, 0.15) is 66.9 Å². The summed E-state index contributed by atoms with van der Waals surface area (Å²) in [7, 11) is 0. The molecule has 7 heteroatoms. The first kappa shape index (κ1) is 21.9. The number of rotatable bonds is 7. The number of amides is 1. The Labute approximate surface area is 193 Å². The minimum absolute atomic E-state index is 0.00832. The average molecular weight is 449 g/mol. The first-order chi connectivity index (χ1) is 16.2. The first-order valence-corrected chi connectivity index (χ1v) is 12.3. The van der Waals surface area contributed by atoms with Crippen LogP contribution in [0.4, 0.5) is 0 Å². The number of hydrogen-bond donors (Lipinski definition) is 1. The van der Waals surface area contributed by atoms with Gasteiger partial charge in [-0.3, -0.25) is 19.1 Å². The predicted octanol–water partition coefficient (Wildman–Crippen LogP) is 3.89. The summed E-state index contributed by atoms with van der Waals surface area (Å²) in [5.74, 6) is 1.67. The second kappa shape index (κ2) is 9.91. The maximum Gasteiger partial charge on any atom is 0.261 e. The number of nitrogens with one attached hydrogen (secondary N) is 1. The summed E-state index contributed by atoms with van der Waals surface area (Å²) >= 11 is 0. The van der Waals surface area contributed by atoms with Crippen LogP contribution in [0.25, 0.3) is 10.9 Å². The maximum absolute atomic E-state index is 12.9. The van der Waals surface area contributed by atoms with E-state index >= 15 is 0 Å². The monoisotopic (exact) mass is 448 g/mol. The molecule has 0 unspecified atom stereocenters. The molecule has 1 aliphatic heterocycles. The van der Waals surface area contributed by atoms with Gasteiger partial charge in [0.15, 0.2) is 0 Å². The molecule has 1 N–H and O–H groups in total. The van der Waals surface area contributed by atoms with Gasteiger partial charge in [-0.05, 0) is 56.0 Å². The molecule has 5 rings (SSSR count). The summed E-state index contributed by atoms with van der Waals surface area (Å²) in [6.45, 7) is 2.84. The van der Waals surface area contributed by atoms with Crippen LogP contribution >= 0.6 is 0 Å². The van der Waals surface area contributed by atoms with Crippen molar-refractivity contribution in [2.45, 2.75) is 70.5 Å². The van der Waals surface area contributed by atoms with E-state index in [-0.39, 0.29) is 11.5 Å². The number of fused-ring (bicyclic) bond motifs is 2. The fourth-order valence-corrected chi connectivity index (χ4v) is 5.24. The van der Waals surface area contributed by atoms with Gasteiger partial charge in [0.2, 0.25) is 0 Å². The van der Waals surface area contributed by atoms with E-state index in [4.69, 9.17) is 9.40 Å². The van der Waals surface area contributed by atoms with Gasteiger partial charge in [-0.15, -0.1) is 0 Å². The Morgan fingerprint density at radius 2 is 2.03 bits per heavy atom. The normalized spacial score (nSPS) is 16.8. The van der Waals surface area contributed by atoms with Crippen molar-refractivity contribution in [3.05, 3.63) is 64.1 Å². The zero-order valence-electron chi connectivity index (χ0n) is 19.1. The van der Waals surface area contributed by atoms with Gasteiger partial charge in [-0.2, -0.15) is 0 Å². The van der Waals surface area contributed by atoms with Crippen LogP contribution in [0, 0.1) is 0 Å². The molecule has 33 heavy (non-hydrogen) atoms. The van der Waals surface area contributed by atoms with E-state index in [2.05, 4.69) is 10.2 Å². The van der Waals surface area contributed by atoms with Crippen LogP contribution in [0.2, 0.25) is 0 Å². The average Bonchev–Trinajstić information content (AvgIpc) is 3.49. The Morgan fingerprint density at radius 1 is 1.15 bits per heavy atom. The topological polar surface area (TPSA) is 80.4 Å². The van der Waals surface area contributed by atoms with Gasteiger partial charge in [-0.25, -0.2) is 4.98 Å². The lowest BCUT2D eigenvalue weighted by molar-refractivity contribution is 0.0941. The standard InChI is InChI=1S/C26H32N4O3/c31-25(27-13-15-29(20-7-3-4-8-20)18-21-9-6-16-33-21)19-11-12-22-23(17-19)28-24-10-2-1-5-14-30(24)26(22)32/h6,9,11-12,16-17,20H,1-5,7-8,10,13-15,18H2,(H,27,31). The van der Waals surface area contributed by atoms with E-state index in [0.29, 0.717) is 29.1 Å². The minimum Gasteiger partial charge on any atom is -0.468 e. The Kier molecular flexibility index (Phi) is 6.58. The number of hydrogen-bond acceptors (Lipinski definition) is 5. The molecule has 1 aliphatic carbocycles. The molecule has 1 saturated carbocycles. The van der Waals surface area contributed by atoms with E-state index in [1.165, 1.54) is 25.7 Å². The van der Waals surface area contributed by atoms with Crippen molar-refractivity contribution in [1.29, 1.82) is 0 Å². The molecule has 1 aromatic carbocycles. The van der Waals surface area contributed by atoms with Crippen LogP contribution in [0.3, 0.4) is 0 Å². The summed E-state index contributed by atoms with van der Waals surface area (Å²) in [5, 5.41) is 3.65. The lowest BCUT2D eigenvalue weighted by Gasteiger charge is -2.28. The van der Waals surface area contributed by atoms with Gasteiger partial charge in [0.25, 0.3) is 11.5 Å². The first-order valence-electron chi connectivity index (χ1n) is 12.3. The molecule has 3 heterocycles. The molecular weight excluding hydrogens is 416 g/mol. The van der Waals surface area contributed by atoms with Crippen molar-refractivity contribution in [3.8, 4) is 0 Å². The molecule has 2 aromatic heterocycles. The van der Waals surface area contributed by atoms with Gasteiger partial charge in [0.1, 0.15) is 11.6 Å². The molecule has 1 amide bonds. The minimum atomic E-state index is -0.127. The van der Waals surface area contributed by atoms with Crippen molar-refractivity contribution < 1.29 is 9.21 Å². The highest BCUT2D eigenvalue weighted by Crippen LogP contribution is 2.25. The Hall–Kier alpha value is -2.93. The van der Waals surface area contributed by atoms with Crippen LogP contribution in [0.15, 0.2) is 45.8 Å². The summed E-state index contributed by atoms with van der Waals surface area (Å²) in [4.78, 5) is 33.0. The Morgan fingerprint density at radius 3 is 2.85 bits per heavy atom. The fourth-order valence-electron chi connectivity index (χ4n) is 5.24. The number of aromatic nitrogens is 2. The van der Waals surface area contributed by atoms with Gasteiger partial charge >= 0.3 is 0 Å². The third kappa shape index (κ3) is 4.88. The number of aryl methyl sites for hydroxylation is 1. The Balaban J connectivity index is 1.27. The summed E-state index contributed by atoms with van der Waals surface area (Å²) in [5.41, 5.74) is 1.17. The predicted molar refractivity (Wildman–Crippen MR) is 127 cm³/mol. The fraction of sp³-hybridized carbons (Fsp3) is 0.500. The van der Waals surface area contributed by atoms with Crippen LogP contribution in [-0.4, -0.2) is 39.5 Å². The van der Waals surface area contributed by atoms with Gasteiger partial charge in [-0.1, -0.05) is 19.3 Å². The molecule has 0 saturated heterocycles. The molecule has 3 aromatic rings. The lowest BCUT2D eigenvalue weighted by atomic mass is 10.1. The molecule has 2 aliphatic rings. The lowest BCUT2D eigenvalue weighted by Crippen LogP contribution is -2.39. The van der Waals surface area contributed by atoms with Crippen molar-refractivity contribution in [1.82, 2.24) is 19.8 Å². The summed E-state index contributed by atoms with van der Waals surface area (Å²) in [6.07, 6.45) is 10.6. The third-order valence-electron chi connectivity index (χ3n) is 7.04. The van der Waals surface area contributed by atoms with E-state index in [1.807, 2.05) is 16.7 Å². The molecule has 0 radical (unpaired) electrons. The van der Waals surface area contributed by atoms with Crippen molar-refractivity contribution >= 4 is 16.8 Å². The third-order valence-corrected chi connectivity index (χ3v) is 7.04. The molecule has 0 bridgehead atoms. The molecular formula is C26H32N4O3. The van der Waals surface area contributed by atoms with Crippen LogP contribution in [-0.2, 0) is 19.5 Å². The summed E-state index contributed by atoms with van der Waals surface area (Å²) in [6, 6.07) is 9.71. The highest BCUT2D eigenvalue weighted by molar-refractivity contribution is 5.97. The van der Waals surface area contributed by atoms with Crippen molar-refractivity contribution in [3.63, 3.8) is 0 Å². The van der Waals surface area contributed by atoms with Gasteiger partial charge in [0, 0.05) is 37.7 Å². The molecule has 0 spiro atoms. The van der Waals surface area contributed by atoms with E-state index in [0.717, 1.165) is 56.9 Å². The largest absolute Gasteiger partial charge is 0.468 e. The summed E-state index contributed by atoms with van der Waals surface area (Å²) < 4.78 is 7.37. The molecule has 174 valence electrons. The highest BCUT2D eigenvalue weighted by atomic mass is 16.3. The molecule has 7 nitrogen and oxygen atoms in total. The second-order valence-electron chi connectivity index (χ2n) is 9.27. The quantitative estimate of drug-likeness (QED) is 0.593. The van der Waals surface area contributed by atoms with Gasteiger partial charge in [0.05, 0.1) is 23.7 Å². The number of carbonyl (C=O) groups excluding carboxylic acids is 1. The van der Waals surface area contributed by atoms with E-state index in [9.17, 15) is 9.59 Å². The number of nitrogens with zero attached hydrogens (tertiary/aromatic N) is 3. The number of furan rings is 1. The zero-order valence-corrected chi connectivity index (χ0v) is 19.1. The highest BCUT2D eigenvalue weighted by Gasteiger charge is 2.23. The maximum atomic E-state index is 12.9. The SMILES string of the molecule is O=C(NCCN(Cc1ccco1)C1CCCC1)c1ccc2c(=O)n3c(nc2c1)CCCCC3. The van der Waals surface area contributed by atoms with E-state index in [1.54, 1.807) is 24.5 Å². The zero-order chi connectivity index (χ0) is 22.6. The Bertz CT molecular complexity index is 1160. The number of carbonyl (C=O) groups is 1. The second-order valence-corrected chi connectivity index (χ2v) is 9.27. The van der Waals surface area contributed by atoms with Crippen molar-refractivity contribution in [2.24, 2.45) is 0 Å². The molecule has 0 atom stereocenters. The van der Waals surface area contributed by atoms with Crippen LogP contribution < -0.4 is 10.9 Å².